The number of nitrogens with one attached hydrogen (secondary N) is 2. The molecule has 0 saturated carbocycles. The molecule has 0 bridgehead atoms. The Morgan fingerprint density at radius 2 is 1.78 bits per heavy atom. The topological polar surface area (TPSA) is 158 Å². The molecule has 2 aromatic rings. The highest BCUT2D eigenvalue weighted by Crippen LogP contribution is 2.19. The first-order valence-corrected chi connectivity index (χ1v) is 10.6. The Morgan fingerprint density at radius 1 is 1.09 bits per heavy atom. The van der Waals surface area contributed by atoms with E-state index in [-0.39, 0.29) is 30.4 Å². The van der Waals surface area contributed by atoms with E-state index in [1.54, 1.807) is 0 Å². The minimum Gasteiger partial charge on any atom is -0.466 e. The van der Waals surface area contributed by atoms with Crippen LogP contribution in [0.5, 0.6) is 0 Å². The second-order valence-corrected chi connectivity index (χ2v) is 7.53. The van der Waals surface area contributed by atoms with Gasteiger partial charge in [-0.15, -0.1) is 0 Å². The zero-order chi connectivity index (χ0) is 23.8. The third kappa shape index (κ3) is 5.62. The number of aryl methyl sites for hydroxylation is 1. The van der Waals surface area contributed by atoms with Gasteiger partial charge in [-0.1, -0.05) is 32.6 Å². The van der Waals surface area contributed by atoms with Crippen molar-refractivity contribution in [3.8, 4) is 0 Å². The van der Waals surface area contributed by atoms with Gasteiger partial charge in [0.15, 0.2) is 5.82 Å². The summed E-state index contributed by atoms with van der Waals surface area (Å²) in [5.74, 6) is -0.602. The number of nitrogens with zero attached hydrogens (tertiary/aromatic N) is 3. The van der Waals surface area contributed by atoms with Gasteiger partial charge in [-0.2, -0.15) is 0 Å². The third-order valence-electron chi connectivity index (χ3n) is 5.14. The van der Waals surface area contributed by atoms with Crippen molar-refractivity contribution in [2.45, 2.75) is 51.9 Å². The molecule has 176 valence electrons. The number of ether oxygens (including phenoxy) is 1. The number of aromatic nitrogens is 3. The number of anilines is 1. The molecule has 2 N–H and O–H groups in total. The van der Waals surface area contributed by atoms with Crippen molar-refractivity contribution in [1.29, 1.82) is 0 Å². The second kappa shape index (κ2) is 11.3. The zero-order valence-electron chi connectivity index (χ0n) is 18.6. The lowest BCUT2D eigenvalue weighted by Crippen LogP contribution is -2.39. The summed E-state index contributed by atoms with van der Waals surface area (Å²) in [7, 11) is 2.53. The van der Waals surface area contributed by atoms with E-state index >= 15 is 0 Å². The molecule has 0 saturated heterocycles. The Hall–Kier alpha value is -3.44. The van der Waals surface area contributed by atoms with Crippen LogP contribution in [0.25, 0.3) is 11.0 Å². The van der Waals surface area contributed by atoms with Gasteiger partial charge in [0, 0.05) is 27.1 Å². The fourth-order valence-corrected chi connectivity index (χ4v) is 3.32. The van der Waals surface area contributed by atoms with Crippen LogP contribution in [0.1, 0.15) is 51.9 Å². The summed E-state index contributed by atoms with van der Waals surface area (Å²) < 4.78 is 6.90. The van der Waals surface area contributed by atoms with Gasteiger partial charge in [-0.25, -0.2) is 4.79 Å². The van der Waals surface area contributed by atoms with Gasteiger partial charge in [0.2, 0.25) is 0 Å². The van der Waals surface area contributed by atoms with Crippen LogP contribution in [0.3, 0.4) is 0 Å². The molecule has 2 aromatic heterocycles. The summed E-state index contributed by atoms with van der Waals surface area (Å²) >= 11 is 0. The van der Waals surface area contributed by atoms with Crippen LogP contribution in [0.4, 0.5) is 11.5 Å². The maximum atomic E-state index is 12.7. The van der Waals surface area contributed by atoms with Crippen molar-refractivity contribution in [3.05, 3.63) is 41.2 Å². The Balaban J connectivity index is 2.08. The van der Waals surface area contributed by atoms with Crippen LogP contribution in [0.2, 0.25) is 0 Å². The Bertz CT molecular complexity index is 1160. The number of fused-ring (bicyclic) bond motifs is 1. The predicted molar refractivity (Wildman–Crippen MR) is 119 cm³/mol. The van der Waals surface area contributed by atoms with E-state index in [0.29, 0.717) is 17.6 Å². The van der Waals surface area contributed by atoms with Gasteiger partial charge in [-0.05, 0) is 12.8 Å². The van der Waals surface area contributed by atoms with E-state index in [9.17, 15) is 29.3 Å². The van der Waals surface area contributed by atoms with Crippen LogP contribution in [-0.2, 0) is 23.6 Å². The van der Waals surface area contributed by atoms with Crippen LogP contribution in [0.15, 0.2) is 14.4 Å². The molecular weight excluding hydrogens is 422 g/mol. The number of rotatable bonds is 12. The molecule has 2 heterocycles. The summed E-state index contributed by atoms with van der Waals surface area (Å²) in [5.41, 5.74) is -3.65. The highest BCUT2D eigenvalue weighted by Gasteiger charge is 2.26. The summed E-state index contributed by atoms with van der Waals surface area (Å²) in [6.45, 7) is 2.62. The van der Waals surface area contributed by atoms with Crippen molar-refractivity contribution in [2.75, 3.05) is 18.5 Å². The molecule has 0 atom stereocenters. The van der Waals surface area contributed by atoms with Gasteiger partial charge < -0.3 is 15.0 Å². The lowest BCUT2D eigenvalue weighted by Gasteiger charge is -2.11. The number of carbonyl (C=O) groups excluding carboxylic acids is 1. The van der Waals surface area contributed by atoms with Gasteiger partial charge in [0.05, 0.1) is 11.5 Å². The lowest BCUT2D eigenvalue weighted by atomic mass is 10.2. The average Bonchev–Trinajstić information content (AvgIpc) is 2.75. The maximum absolute atomic E-state index is 12.7. The quantitative estimate of drug-likeness (QED) is 0.213. The number of esters is 1. The summed E-state index contributed by atoms with van der Waals surface area (Å²) in [6.07, 6.45) is 5.64. The van der Waals surface area contributed by atoms with Gasteiger partial charge in [0.25, 0.3) is 11.0 Å². The lowest BCUT2D eigenvalue weighted by molar-refractivity contribution is -0.385. The standard InChI is InChI=1S/C20H29N5O7/c1-4-5-6-7-8-12-32-13(26)10-9-11-21-17-15(25(30)31)16(27)14-18(22-17)23(2)20(29)24(3)19(14)28/h4-12H2,1-3H3,(H2,21,22,27). The van der Waals surface area contributed by atoms with E-state index in [4.69, 9.17) is 4.74 Å². The van der Waals surface area contributed by atoms with Gasteiger partial charge in [0.1, 0.15) is 11.0 Å². The van der Waals surface area contributed by atoms with E-state index < -0.39 is 32.7 Å². The van der Waals surface area contributed by atoms with E-state index in [2.05, 4.69) is 17.2 Å². The second-order valence-electron chi connectivity index (χ2n) is 7.53. The molecule has 2 rings (SSSR count). The highest BCUT2D eigenvalue weighted by atomic mass is 16.6. The van der Waals surface area contributed by atoms with E-state index in [0.717, 1.165) is 36.7 Å². The first-order valence-electron chi connectivity index (χ1n) is 10.6. The fraction of sp³-hybridized carbons (Fsp3) is 0.600. The SMILES string of the molecule is CCCCCCCOC(=O)CCCNc1[nH]c2c(c(=O)c1[N+](=O)[O-])c(=O)n(C)c(=O)n2C. The largest absolute Gasteiger partial charge is 0.466 e. The Morgan fingerprint density at radius 3 is 2.44 bits per heavy atom. The molecule has 0 spiro atoms. The molecule has 0 radical (unpaired) electrons. The summed E-state index contributed by atoms with van der Waals surface area (Å²) in [5, 5.41) is 13.7. The number of carbonyl (C=O) groups is 1. The third-order valence-corrected chi connectivity index (χ3v) is 5.14. The van der Waals surface area contributed by atoms with E-state index in [1.807, 2.05) is 0 Å². The number of hydrogen-bond donors (Lipinski definition) is 2. The summed E-state index contributed by atoms with van der Waals surface area (Å²) in [6, 6.07) is 0. The monoisotopic (exact) mass is 451 g/mol. The minimum atomic E-state index is -1.09. The Labute approximate surface area is 183 Å². The molecule has 0 aliphatic rings. The molecule has 12 nitrogen and oxygen atoms in total. The van der Waals surface area contributed by atoms with Crippen molar-refractivity contribution in [1.82, 2.24) is 14.1 Å². The number of H-pyrrole nitrogens is 1. The van der Waals surface area contributed by atoms with Crippen molar-refractivity contribution in [3.63, 3.8) is 0 Å². The molecule has 32 heavy (non-hydrogen) atoms. The maximum Gasteiger partial charge on any atom is 0.357 e. The average molecular weight is 451 g/mol. The first-order chi connectivity index (χ1) is 15.2. The van der Waals surface area contributed by atoms with Gasteiger partial charge >= 0.3 is 17.3 Å². The molecular formula is C20H29N5O7. The molecule has 0 aliphatic heterocycles. The molecule has 0 aliphatic carbocycles. The normalized spacial score (nSPS) is 11.0. The van der Waals surface area contributed by atoms with Crippen LogP contribution in [-0.4, -0.2) is 38.2 Å². The molecule has 12 heteroatoms. The molecule has 0 aromatic carbocycles. The zero-order valence-corrected chi connectivity index (χ0v) is 18.6. The Kier molecular flexibility index (Phi) is 8.73. The van der Waals surface area contributed by atoms with Gasteiger partial charge in [-0.3, -0.25) is 33.6 Å². The first kappa shape index (κ1) is 24.8. The van der Waals surface area contributed by atoms with Crippen LogP contribution < -0.4 is 22.0 Å². The number of unbranched alkanes of at least 4 members (excludes halogenated alkanes) is 4. The van der Waals surface area contributed by atoms with Crippen molar-refractivity contribution >= 4 is 28.5 Å². The number of nitro groups is 1. The smallest absolute Gasteiger partial charge is 0.357 e. The van der Waals surface area contributed by atoms with Crippen molar-refractivity contribution in [2.24, 2.45) is 14.1 Å². The summed E-state index contributed by atoms with van der Waals surface area (Å²) in [4.78, 5) is 62.2. The van der Waals surface area contributed by atoms with Crippen molar-refractivity contribution < 1.29 is 14.5 Å². The minimum absolute atomic E-state index is 0.104. The predicted octanol–water partition coefficient (Wildman–Crippen LogP) is 1.54. The fourth-order valence-electron chi connectivity index (χ4n) is 3.32. The number of aromatic amines is 1. The highest BCUT2D eigenvalue weighted by molar-refractivity contribution is 5.81. The molecule has 0 fully saturated rings. The number of pyridine rings is 1. The molecule has 0 unspecified atom stereocenters. The van der Waals surface area contributed by atoms with E-state index in [1.165, 1.54) is 14.1 Å². The number of hydrogen-bond acceptors (Lipinski definition) is 8. The van der Waals surface area contributed by atoms with Crippen LogP contribution >= 0.6 is 0 Å². The van der Waals surface area contributed by atoms with Crippen LogP contribution in [0, 0.1) is 10.1 Å². The molecule has 0 amide bonds.